The standard InChI is InChI=1S/C18H33N5O/c1-16(15-23-12-6-11-22-23)14-21-18(19-2)20-10-7-13-24-17-8-4-3-5-9-17/h6,11-12,16-17H,3-5,7-10,13-15H2,1-2H3,(H2,19,20,21). The first-order valence-corrected chi connectivity index (χ1v) is 9.31. The molecule has 2 N–H and O–H groups in total. The summed E-state index contributed by atoms with van der Waals surface area (Å²) in [5.41, 5.74) is 0. The molecule has 1 heterocycles. The molecule has 0 amide bonds. The van der Waals surface area contributed by atoms with Crippen LogP contribution in [0.4, 0.5) is 0 Å². The van der Waals surface area contributed by atoms with Crippen LogP contribution in [0.2, 0.25) is 0 Å². The van der Waals surface area contributed by atoms with Crippen LogP contribution in [0, 0.1) is 5.92 Å². The van der Waals surface area contributed by atoms with Gasteiger partial charge >= 0.3 is 0 Å². The molecular weight excluding hydrogens is 302 g/mol. The zero-order valence-electron chi connectivity index (χ0n) is 15.2. The van der Waals surface area contributed by atoms with E-state index in [1.54, 1.807) is 0 Å². The minimum Gasteiger partial charge on any atom is -0.378 e. The third-order valence-electron chi connectivity index (χ3n) is 4.42. The number of aliphatic imine (C=N–C) groups is 1. The van der Waals surface area contributed by atoms with E-state index in [1.165, 1.54) is 32.1 Å². The summed E-state index contributed by atoms with van der Waals surface area (Å²) in [6.45, 7) is 5.72. The Kier molecular flexibility index (Phi) is 8.66. The average Bonchev–Trinajstić information content (AvgIpc) is 3.11. The number of nitrogens with one attached hydrogen (secondary N) is 2. The third kappa shape index (κ3) is 7.34. The first kappa shape index (κ1) is 18.8. The number of aromatic nitrogens is 2. The molecule has 0 aromatic carbocycles. The summed E-state index contributed by atoms with van der Waals surface area (Å²) in [6, 6.07) is 1.95. The monoisotopic (exact) mass is 335 g/mol. The summed E-state index contributed by atoms with van der Waals surface area (Å²) in [5, 5.41) is 11.0. The molecular formula is C18H33N5O. The fourth-order valence-electron chi connectivity index (χ4n) is 3.04. The molecule has 6 nitrogen and oxygen atoms in total. The van der Waals surface area contributed by atoms with Crippen LogP contribution < -0.4 is 10.6 Å². The van der Waals surface area contributed by atoms with Crippen LogP contribution in [0.3, 0.4) is 0 Å². The highest BCUT2D eigenvalue weighted by molar-refractivity contribution is 5.79. The lowest BCUT2D eigenvalue weighted by Gasteiger charge is -2.22. The van der Waals surface area contributed by atoms with Crippen LogP contribution in [0.25, 0.3) is 0 Å². The minimum absolute atomic E-state index is 0.484. The molecule has 6 heteroatoms. The van der Waals surface area contributed by atoms with Crippen molar-refractivity contribution >= 4 is 5.96 Å². The van der Waals surface area contributed by atoms with Crippen molar-refractivity contribution in [3.8, 4) is 0 Å². The van der Waals surface area contributed by atoms with Gasteiger partial charge in [0, 0.05) is 45.7 Å². The number of hydrogen-bond donors (Lipinski definition) is 2. The van der Waals surface area contributed by atoms with Gasteiger partial charge in [0.25, 0.3) is 0 Å². The van der Waals surface area contributed by atoms with E-state index in [1.807, 2.05) is 30.2 Å². The van der Waals surface area contributed by atoms with Gasteiger partial charge in [-0.15, -0.1) is 0 Å². The SMILES string of the molecule is CN=C(NCCCOC1CCCCC1)NCC(C)Cn1cccn1. The van der Waals surface area contributed by atoms with Crippen molar-refractivity contribution in [2.24, 2.45) is 10.9 Å². The van der Waals surface area contributed by atoms with Crippen LogP contribution in [0.1, 0.15) is 45.4 Å². The number of rotatable bonds is 9. The lowest BCUT2D eigenvalue weighted by atomic mass is 9.98. The second-order valence-electron chi connectivity index (χ2n) is 6.70. The zero-order valence-corrected chi connectivity index (χ0v) is 15.2. The molecule has 0 spiro atoms. The number of guanidine groups is 1. The molecule has 1 unspecified atom stereocenters. The molecule has 0 bridgehead atoms. The largest absolute Gasteiger partial charge is 0.378 e. The highest BCUT2D eigenvalue weighted by Crippen LogP contribution is 2.20. The molecule has 2 rings (SSSR count). The number of nitrogens with zero attached hydrogens (tertiary/aromatic N) is 3. The Hall–Kier alpha value is -1.56. The van der Waals surface area contributed by atoms with Crippen LogP contribution in [0.5, 0.6) is 0 Å². The van der Waals surface area contributed by atoms with Crippen molar-refractivity contribution in [1.82, 2.24) is 20.4 Å². The fraction of sp³-hybridized carbons (Fsp3) is 0.778. The molecule has 1 aromatic heterocycles. The Balaban J connectivity index is 1.52. The van der Waals surface area contributed by atoms with Crippen molar-refractivity contribution in [2.75, 3.05) is 26.7 Å². The van der Waals surface area contributed by atoms with Crippen LogP contribution >= 0.6 is 0 Å². The minimum atomic E-state index is 0.484. The van der Waals surface area contributed by atoms with Crippen LogP contribution in [0.15, 0.2) is 23.5 Å². The van der Waals surface area contributed by atoms with Gasteiger partial charge in [-0.2, -0.15) is 5.10 Å². The zero-order chi connectivity index (χ0) is 17.0. The fourth-order valence-corrected chi connectivity index (χ4v) is 3.04. The van der Waals surface area contributed by atoms with Gasteiger partial charge in [-0.25, -0.2) is 0 Å². The Morgan fingerprint density at radius 1 is 1.33 bits per heavy atom. The molecule has 1 fully saturated rings. The summed E-state index contributed by atoms with van der Waals surface area (Å²) in [5.74, 6) is 1.35. The van der Waals surface area contributed by atoms with E-state index >= 15 is 0 Å². The summed E-state index contributed by atoms with van der Waals surface area (Å²) >= 11 is 0. The van der Waals surface area contributed by atoms with Gasteiger partial charge in [-0.3, -0.25) is 9.67 Å². The van der Waals surface area contributed by atoms with Gasteiger partial charge < -0.3 is 15.4 Å². The number of hydrogen-bond acceptors (Lipinski definition) is 3. The molecule has 1 aliphatic carbocycles. The van der Waals surface area contributed by atoms with Crippen LogP contribution in [-0.2, 0) is 11.3 Å². The molecule has 1 aliphatic rings. The maximum Gasteiger partial charge on any atom is 0.190 e. The maximum absolute atomic E-state index is 5.95. The van der Waals surface area contributed by atoms with E-state index in [2.05, 4.69) is 27.6 Å². The van der Waals surface area contributed by atoms with E-state index in [0.717, 1.165) is 38.6 Å². The van der Waals surface area contributed by atoms with E-state index in [-0.39, 0.29) is 0 Å². The topological polar surface area (TPSA) is 63.5 Å². The van der Waals surface area contributed by atoms with Gasteiger partial charge in [0.05, 0.1) is 6.10 Å². The summed E-state index contributed by atoms with van der Waals surface area (Å²) in [4.78, 5) is 4.28. The Morgan fingerprint density at radius 2 is 2.17 bits per heavy atom. The lowest BCUT2D eigenvalue weighted by Crippen LogP contribution is -2.40. The Bertz CT molecular complexity index is 454. The van der Waals surface area contributed by atoms with Crippen LogP contribution in [-0.4, -0.2) is 48.6 Å². The normalized spacial score (nSPS) is 17.7. The van der Waals surface area contributed by atoms with E-state index < -0.39 is 0 Å². The van der Waals surface area contributed by atoms with Crippen molar-refractivity contribution in [2.45, 2.75) is 58.1 Å². The highest BCUT2D eigenvalue weighted by Gasteiger charge is 2.13. The highest BCUT2D eigenvalue weighted by atomic mass is 16.5. The van der Waals surface area contributed by atoms with E-state index in [0.29, 0.717) is 12.0 Å². The molecule has 0 aliphatic heterocycles. The predicted octanol–water partition coefficient (Wildman–Crippen LogP) is 2.42. The Labute approximate surface area is 146 Å². The van der Waals surface area contributed by atoms with Gasteiger partial charge in [-0.05, 0) is 31.2 Å². The summed E-state index contributed by atoms with van der Waals surface area (Å²) in [7, 11) is 1.81. The van der Waals surface area contributed by atoms with Gasteiger partial charge in [0.15, 0.2) is 5.96 Å². The van der Waals surface area contributed by atoms with Crippen molar-refractivity contribution in [3.63, 3.8) is 0 Å². The number of ether oxygens (including phenoxy) is 1. The van der Waals surface area contributed by atoms with Crippen molar-refractivity contribution < 1.29 is 4.74 Å². The van der Waals surface area contributed by atoms with Crippen molar-refractivity contribution in [1.29, 1.82) is 0 Å². The molecule has 0 saturated heterocycles. The maximum atomic E-state index is 5.95. The molecule has 1 aromatic rings. The van der Waals surface area contributed by atoms with Gasteiger partial charge in [0.1, 0.15) is 0 Å². The molecule has 24 heavy (non-hydrogen) atoms. The first-order chi connectivity index (χ1) is 11.8. The molecule has 0 radical (unpaired) electrons. The Morgan fingerprint density at radius 3 is 2.88 bits per heavy atom. The third-order valence-corrected chi connectivity index (χ3v) is 4.42. The summed E-state index contributed by atoms with van der Waals surface area (Å²) < 4.78 is 7.91. The molecule has 136 valence electrons. The second kappa shape index (κ2) is 11.1. The second-order valence-corrected chi connectivity index (χ2v) is 6.70. The quantitative estimate of drug-likeness (QED) is 0.413. The lowest BCUT2D eigenvalue weighted by molar-refractivity contribution is 0.0277. The van der Waals surface area contributed by atoms with E-state index in [4.69, 9.17) is 4.74 Å². The van der Waals surface area contributed by atoms with E-state index in [9.17, 15) is 0 Å². The first-order valence-electron chi connectivity index (χ1n) is 9.31. The molecule has 1 saturated carbocycles. The molecule has 1 atom stereocenters. The van der Waals surface area contributed by atoms with Crippen molar-refractivity contribution in [3.05, 3.63) is 18.5 Å². The summed E-state index contributed by atoms with van der Waals surface area (Å²) in [6.07, 6.45) is 11.8. The average molecular weight is 335 g/mol. The van der Waals surface area contributed by atoms with Gasteiger partial charge in [0.2, 0.25) is 0 Å². The van der Waals surface area contributed by atoms with Gasteiger partial charge in [-0.1, -0.05) is 26.2 Å². The predicted molar refractivity (Wildman–Crippen MR) is 98.2 cm³/mol. The smallest absolute Gasteiger partial charge is 0.190 e.